The first-order valence-electron chi connectivity index (χ1n) is 15.5. The number of likely N-dealkylation sites (N-methyl/N-ethyl adjacent to an activating group) is 1. The Balaban J connectivity index is 0.000000403. The molecule has 0 radical (unpaired) electrons. The number of nitrogens with one attached hydrogen (secondary N) is 2. The summed E-state index contributed by atoms with van der Waals surface area (Å²) in [5.74, 6) is 0.334. The molecule has 2 heterocycles. The third-order valence-electron chi connectivity index (χ3n) is 9.17. The summed E-state index contributed by atoms with van der Waals surface area (Å²) in [6.07, 6.45) is 6.71. The van der Waals surface area contributed by atoms with Crippen molar-refractivity contribution in [3.8, 4) is 0 Å². The smallest absolute Gasteiger partial charge is 0.282 e. The Morgan fingerprint density at radius 3 is 1.55 bits per heavy atom. The van der Waals surface area contributed by atoms with Crippen molar-refractivity contribution in [3.05, 3.63) is 58.7 Å². The lowest BCUT2D eigenvalue weighted by molar-refractivity contribution is -0.930. The summed E-state index contributed by atoms with van der Waals surface area (Å²) < 4.78 is 0.966. The number of anilines is 2. The molecule has 2 saturated heterocycles. The van der Waals surface area contributed by atoms with Gasteiger partial charge in [-0.05, 0) is 89.2 Å². The first kappa shape index (κ1) is 38.1. The Hall–Kier alpha value is -1.97. The van der Waals surface area contributed by atoms with E-state index in [4.69, 9.17) is 0 Å². The zero-order valence-corrected chi connectivity index (χ0v) is 28.6. The van der Waals surface area contributed by atoms with Crippen LogP contribution in [0.25, 0.3) is 0 Å². The number of quaternary nitrogens is 1. The van der Waals surface area contributed by atoms with Gasteiger partial charge in [-0.15, -0.1) is 0 Å². The molecule has 0 bridgehead atoms. The Morgan fingerprint density at radius 1 is 0.738 bits per heavy atom. The van der Waals surface area contributed by atoms with E-state index in [9.17, 15) is 9.59 Å². The summed E-state index contributed by atoms with van der Waals surface area (Å²) in [5, 5.41) is 6.34. The van der Waals surface area contributed by atoms with E-state index in [0.717, 1.165) is 83.7 Å². The lowest BCUT2D eigenvalue weighted by atomic mass is 10.1. The second kappa shape index (κ2) is 18.0. The minimum Gasteiger partial charge on any atom is -1.00 e. The summed E-state index contributed by atoms with van der Waals surface area (Å²) in [7, 11) is 0. The van der Waals surface area contributed by atoms with Crippen LogP contribution in [0.5, 0.6) is 0 Å². The minimum absolute atomic E-state index is 0. The molecule has 7 heteroatoms. The highest BCUT2D eigenvalue weighted by atomic mass is 127. The van der Waals surface area contributed by atoms with Crippen molar-refractivity contribution < 1.29 is 38.0 Å². The highest BCUT2D eigenvalue weighted by Gasteiger charge is 2.41. The minimum atomic E-state index is 0. The third-order valence-corrected chi connectivity index (χ3v) is 9.17. The predicted molar refractivity (Wildman–Crippen MR) is 175 cm³/mol. The van der Waals surface area contributed by atoms with Gasteiger partial charge in [-0.3, -0.25) is 14.5 Å². The van der Waals surface area contributed by atoms with Gasteiger partial charge in [0.15, 0.2) is 6.04 Å². The van der Waals surface area contributed by atoms with E-state index in [2.05, 4.69) is 62.3 Å². The van der Waals surface area contributed by atoms with Crippen molar-refractivity contribution in [1.82, 2.24) is 4.90 Å². The predicted octanol–water partition coefficient (Wildman–Crippen LogP) is 4.41. The quantitative estimate of drug-likeness (QED) is 0.303. The van der Waals surface area contributed by atoms with E-state index < -0.39 is 0 Å². The molecule has 2 aliphatic rings. The largest absolute Gasteiger partial charge is 1.00 e. The molecule has 0 aliphatic carbocycles. The zero-order chi connectivity index (χ0) is 29.3. The standard InChI is InChI=1S/C18H28N2O.C16H24N2O.CH4.HI/c1-5-16(20(6-2)12-7-8-13-20)18(21)19-17-14(3)10-9-11-15(17)4;1-4-14(18-10-5-6-11-18)16(19)17-15-12(2)8-7-9-13(15)3;;/h9-11,16H,5-8,12-13H2,1-4H3;7-9,14H,4-6,10-11H2,1-3H3,(H,17,19);1H4;1H. The molecule has 0 saturated carbocycles. The Labute approximate surface area is 273 Å². The second-order valence-electron chi connectivity index (χ2n) is 11.8. The number of hydrogen-bond donors (Lipinski definition) is 2. The van der Waals surface area contributed by atoms with Crippen LogP contribution in [-0.4, -0.2) is 66.0 Å². The van der Waals surface area contributed by atoms with E-state index in [1.54, 1.807) is 0 Å². The van der Waals surface area contributed by atoms with Gasteiger partial charge in [0, 0.05) is 30.6 Å². The number of nitrogens with zero attached hydrogens (tertiary/aromatic N) is 2. The van der Waals surface area contributed by atoms with Crippen molar-refractivity contribution >= 4 is 23.2 Å². The summed E-state index contributed by atoms with van der Waals surface area (Å²) in [6, 6.07) is 12.4. The van der Waals surface area contributed by atoms with E-state index in [-0.39, 0.29) is 55.3 Å². The number of amides is 2. The molecular formula is C35H57IN4O2. The van der Waals surface area contributed by atoms with Crippen molar-refractivity contribution in [3.63, 3.8) is 0 Å². The number of halogens is 1. The number of para-hydroxylation sites is 2. The second-order valence-corrected chi connectivity index (χ2v) is 11.8. The van der Waals surface area contributed by atoms with Crippen molar-refractivity contribution in [2.45, 2.75) is 107 Å². The van der Waals surface area contributed by atoms with Gasteiger partial charge in [0.1, 0.15) is 0 Å². The zero-order valence-electron chi connectivity index (χ0n) is 26.5. The SMILES string of the molecule is C.CCC(C(=O)Nc1c(C)cccc1C)N1CCCC1.CCC(C(=O)Nc1c(C)cccc1C)[N+]1(CC)CCCC1.[I-]. The van der Waals surface area contributed by atoms with Crippen LogP contribution < -0.4 is 34.6 Å². The maximum Gasteiger partial charge on any atom is 0.282 e. The molecule has 42 heavy (non-hydrogen) atoms. The summed E-state index contributed by atoms with van der Waals surface area (Å²) in [4.78, 5) is 27.7. The Bertz CT molecular complexity index is 1100. The fraction of sp³-hybridized carbons (Fsp3) is 0.600. The number of carbonyl (C=O) groups is 2. The maximum atomic E-state index is 12.9. The van der Waals surface area contributed by atoms with E-state index >= 15 is 0 Å². The van der Waals surface area contributed by atoms with Gasteiger partial charge in [-0.1, -0.05) is 57.7 Å². The lowest BCUT2D eigenvalue weighted by Crippen LogP contribution is -3.00. The van der Waals surface area contributed by atoms with E-state index in [1.165, 1.54) is 25.7 Å². The maximum absolute atomic E-state index is 12.9. The van der Waals surface area contributed by atoms with Crippen molar-refractivity contribution in [1.29, 1.82) is 0 Å². The average molecular weight is 693 g/mol. The van der Waals surface area contributed by atoms with Gasteiger partial charge in [0.2, 0.25) is 5.91 Å². The number of aryl methyl sites for hydroxylation is 4. The van der Waals surface area contributed by atoms with E-state index in [0.29, 0.717) is 0 Å². The van der Waals surface area contributed by atoms with Crippen molar-refractivity contribution in [2.75, 3.05) is 43.4 Å². The number of benzene rings is 2. The molecule has 2 atom stereocenters. The van der Waals surface area contributed by atoms with Crippen LogP contribution in [0.3, 0.4) is 0 Å². The van der Waals surface area contributed by atoms with Gasteiger partial charge < -0.3 is 39.1 Å². The molecule has 0 spiro atoms. The van der Waals surface area contributed by atoms with Crippen LogP contribution in [0, 0.1) is 27.7 Å². The first-order chi connectivity index (χ1) is 19.2. The summed E-state index contributed by atoms with van der Waals surface area (Å²) in [5.41, 5.74) is 6.51. The fourth-order valence-electron chi connectivity index (χ4n) is 6.73. The lowest BCUT2D eigenvalue weighted by Gasteiger charge is -2.39. The number of rotatable bonds is 9. The molecule has 2 unspecified atom stereocenters. The van der Waals surface area contributed by atoms with Crippen LogP contribution in [0.15, 0.2) is 36.4 Å². The van der Waals surface area contributed by atoms with Gasteiger partial charge in [0.25, 0.3) is 5.91 Å². The monoisotopic (exact) mass is 692 g/mol. The van der Waals surface area contributed by atoms with Gasteiger partial charge in [0.05, 0.1) is 25.7 Å². The molecule has 236 valence electrons. The average Bonchev–Trinajstić information content (AvgIpc) is 3.63. The van der Waals surface area contributed by atoms with Crippen LogP contribution in [-0.2, 0) is 9.59 Å². The Kier molecular flexibility index (Phi) is 16.3. The number of likely N-dealkylation sites (tertiary alicyclic amines) is 2. The fourth-order valence-corrected chi connectivity index (χ4v) is 6.73. The molecule has 4 rings (SSSR count). The molecule has 2 aromatic carbocycles. The number of hydrogen-bond acceptors (Lipinski definition) is 3. The summed E-state index contributed by atoms with van der Waals surface area (Å²) >= 11 is 0. The third kappa shape index (κ3) is 9.26. The molecule has 2 aliphatic heterocycles. The highest BCUT2D eigenvalue weighted by molar-refractivity contribution is 5.96. The van der Waals surface area contributed by atoms with Gasteiger partial charge >= 0.3 is 0 Å². The van der Waals surface area contributed by atoms with Gasteiger partial charge in [-0.25, -0.2) is 0 Å². The molecule has 2 fully saturated rings. The van der Waals surface area contributed by atoms with Gasteiger partial charge in [-0.2, -0.15) is 0 Å². The molecular weight excluding hydrogens is 635 g/mol. The topological polar surface area (TPSA) is 61.4 Å². The van der Waals surface area contributed by atoms with Crippen LogP contribution in [0.4, 0.5) is 11.4 Å². The number of carbonyl (C=O) groups excluding carboxylic acids is 2. The molecule has 2 N–H and O–H groups in total. The highest BCUT2D eigenvalue weighted by Crippen LogP contribution is 2.28. The normalized spacial score (nSPS) is 17.1. The van der Waals surface area contributed by atoms with Crippen molar-refractivity contribution in [2.24, 2.45) is 0 Å². The molecule has 6 nitrogen and oxygen atoms in total. The molecule has 0 aromatic heterocycles. The first-order valence-corrected chi connectivity index (χ1v) is 15.5. The Morgan fingerprint density at radius 2 is 1.17 bits per heavy atom. The molecule has 2 aromatic rings. The van der Waals surface area contributed by atoms with E-state index in [1.807, 2.05) is 38.1 Å². The molecule has 2 amide bonds. The van der Waals surface area contributed by atoms with Crippen LogP contribution in [0.1, 0.15) is 89.0 Å². The van der Waals surface area contributed by atoms with Crippen LogP contribution >= 0.6 is 0 Å². The summed E-state index contributed by atoms with van der Waals surface area (Å²) in [6.45, 7) is 20.1. The van der Waals surface area contributed by atoms with Crippen LogP contribution in [0.2, 0.25) is 0 Å².